The molecule has 2 unspecified atom stereocenters. The molecule has 124 valence electrons. The van der Waals surface area contributed by atoms with E-state index in [1.165, 1.54) is 6.92 Å². The lowest BCUT2D eigenvalue weighted by molar-refractivity contribution is -0.327. The molecule has 1 aliphatic heterocycles. The Morgan fingerprint density at radius 1 is 1.38 bits per heavy atom. The van der Waals surface area contributed by atoms with Crippen molar-refractivity contribution in [3.05, 3.63) is 0 Å². The van der Waals surface area contributed by atoms with Crippen LogP contribution in [0.25, 0.3) is 0 Å². The average Bonchev–Trinajstić information content (AvgIpc) is 2.40. The average molecular weight is 313 g/mol. The highest BCUT2D eigenvalue weighted by atomic mass is 19.4. The maximum atomic E-state index is 12.1. The minimum absolute atomic E-state index is 0.336. The van der Waals surface area contributed by atoms with Gasteiger partial charge in [-0.05, 0) is 25.7 Å². The normalized spacial score (nSPS) is 20.0. The van der Waals surface area contributed by atoms with Crippen LogP contribution in [0.1, 0.15) is 26.7 Å². The number of carbonyl (C=O) groups is 1. The first kappa shape index (κ1) is 18.2. The van der Waals surface area contributed by atoms with Crippen molar-refractivity contribution in [2.45, 2.75) is 45.2 Å². The van der Waals surface area contributed by atoms with E-state index >= 15 is 0 Å². The zero-order chi connectivity index (χ0) is 15.9. The van der Waals surface area contributed by atoms with Crippen molar-refractivity contribution in [2.75, 3.05) is 26.4 Å². The molecule has 1 heterocycles. The van der Waals surface area contributed by atoms with Crippen molar-refractivity contribution in [1.29, 1.82) is 0 Å². The first-order valence-corrected chi connectivity index (χ1v) is 6.95. The van der Waals surface area contributed by atoms with Gasteiger partial charge in [0.25, 0.3) is 0 Å². The minimum atomic E-state index is -4.73. The summed E-state index contributed by atoms with van der Waals surface area (Å²) < 4.78 is 50.9. The highest BCUT2D eigenvalue weighted by molar-refractivity contribution is 5.73. The van der Waals surface area contributed by atoms with Gasteiger partial charge in [-0.1, -0.05) is 0 Å². The molecule has 1 rings (SSSR count). The highest BCUT2D eigenvalue weighted by Crippen LogP contribution is 2.19. The molecule has 0 aromatic rings. The molecule has 8 heteroatoms. The van der Waals surface area contributed by atoms with Crippen LogP contribution in [0, 0.1) is 5.92 Å². The molecule has 5 nitrogen and oxygen atoms in total. The zero-order valence-electron chi connectivity index (χ0n) is 12.2. The predicted molar refractivity (Wildman–Crippen MR) is 68.6 cm³/mol. The molecule has 0 aromatic heterocycles. The Labute approximate surface area is 122 Å². The summed E-state index contributed by atoms with van der Waals surface area (Å²) in [7, 11) is 0. The van der Waals surface area contributed by atoms with Gasteiger partial charge in [0.05, 0.1) is 25.4 Å². The lowest BCUT2D eigenvalue weighted by Gasteiger charge is -2.28. The minimum Gasteiger partial charge on any atom is -0.381 e. The third-order valence-corrected chi connectivity index (χ3v) is 3.32. The maximum absolute atomic E-state index is 12.1. The van der Waals surface area contributed by atoms with Gasteiger partial charge in [-0.15, -0.1) is 13.2 Å². The van der Waals surface area contributed by atoms with Crippen LogP contribution in [0.5, 0.6) is 0 Å². The van der Waals surface area contributed by atoms with Gasteiger partial charge in [0, 0.05) is 20.1 Å². The molecule has 0 bridgehead atoms. The molecule has 0 saturated carbocycles. The van der Waals surface area contributed by atoms with Crippen molar-refractivity contribution < 1.29 is 32.2 Å². The van der Waals surface area contributed by atoms with E-state index in [9.17, 15) is 18.0 Å². The quantitative estimate of drug-likeness (QED) is 0.779. The van der Waals surface area contributed by atoms with E-state index in [0.29, 0.717) is 25.7 Å². The molecule has 21 heavy (non-hydrogen) atoms. The number of halogens is 3. The Kier molecular flexibility index (Phi) is 7.41. The van der Waals surface area contributed by atoms with Gasteiger partial charge < -0.3 is 14.8 Å². The monoisotopic (exact) mass is 313 g/mol. The zero-order valence-corrected chi connectivity index (χ0v) is 12.2. The van der Waals surface area contributed by atoms with Crippen LogP contribution >= 0.6 is 0 Å². The first-order chi connectivity index (χ1) is 9.78. The predicted octanol–water partition coefficient (Wildman–Crippen LogP) is 1.86. The van der Waals surface area contributed by atoms with Crippen LogP contribution in [0.3, 0.4) is 0 Å². The molecular weight excluding hydrogens is 291 g/mol. The molecule has 0 aliphatic carbocycles. The summed E-state index contributed by atoms with van der Waals surface area (Å²) in [4.78, 5) is 11.1. The standard InChI is InChI=1S/C13H22F3NO4/c1-9(20-7-11-3-5-19-6-4-11)12(17-10(2)18)8-21-13(14,15)16/h9,11-12H,3-8H2,1-2H3,(H,17,18). The number of amides is 1. The number of hydrogen-bond acceptors (Lipinski definition) is 4. The molecular formula is C13H22F3NO4. The van der Waals surface area contributed by atoms with Gasteiger partial charge in [0.1, 0.15) is 0 Å². The van der Waals surface area contributed by atoms with Crippen molar-refractivity contribution in [3.63, 3.8) is 0 Å². The molecule has 1 aliphatic rings. The molecule has 0 aromatic carbocycles. The van der Waals surface area contributed by atoms with Gasteiger partial charge in [-0.3, -0.25) is 9.53 Å². The molecule has 1 fully saturated rings. The van der Waals surface area contributed by atoms with Crippen molar-refractivity contribution >= 4 is 5.91 Å². The second kappa shape index (κ2) is 8.55. The van der Waals surface area contributed by atoms with Crippen molar-refractivity contribution in [1.82, 2.24) is 5.32 Å². The Bertz CT molecular complexity index is 319. The van der Waals surface area contributed by atoms with Crippen molar-refractivity contribution in [2.24, 2.45) is 5.92 Å². The number of hydrogen-bond donors (Lipinski definition) is 1. The fourth-order valence-corrected chi connectivity index (χ4v) is 2.06. The summed E-state index contributed by atoms with van der Waals surface area (Å²) in [6.07, 6.45) is -3.55. The maximum Gasteiger partial charge on any atom is 0.522 e. The SMILES string of the molecule is CC(=O)NC(COC(F)(F)F)C(C)OCC1CCOCC1. The summed E-state index contributed by atoms with van der Waals surface area (Å²) in [6.45, 7) is 3.99. The van der Waals surface area contributed by atoms with Crippen LogP contribution in [0.4, 0.5) is 13.2 Å². The fraction of sp³-hybridized carbons (Fsp3) is 0.923. The van der Waals surface area contributed by atoms with E-state index in [-0.39, 0.29) is 0 Å². The van der Waals surface area contributed by atoms with Gasteiger partial charge in [0.15, 0.2) is 0 Å². The van der Waals surface area contributed by atoms with Gasteiger partial charge in [-0.25, -0.2) is 0 Å². The highest BCUT2D eigenvalue weighted by Gasteiger charge is 2.32. The number of nitrogens with one attached hydrogen (secondary N) is 1. The van der Waals surface area contributed by atoms with Gasteiger partial charge >= 0.3 is 6.36 Å². The van der Waals surface area contributed by atoms with E-state index in [1.807, 2.05) is 0 Å². The van der Waals surface area contributed by atoms with E-state index in [2.05, 4.69) is 10.1 Å². The summed E-state index contributed by atoms with van der Waals surface area (Å²) in [5, 5.41) is 2.43. The molecule has 1 amide bonds. The van der Waals surface area contributed by atoms with E-state index in [1.54, 1.807) is 6.92 Å². The van der Waals surface area contributed by atoms with Gasteiger partial charge in [0.2, 0.25) is 5.91 Å². The van der Waals surface area contributed by atoms with Crippen LogP contribution in [0.15, 0.2) is 0 Å². The molecule has 0 spiro atoms. The first-order valence-electron chi connectivity index (χ1n) is 6.95. The number of rotatable bonds is 7. The molecule has 2 atom stereocenters. The van der Waals surface area contributed by atoms with Crippen LogP contribution in [0.2, 0.25) is 0 Å². The lowest BCUT2D eigenvalue weighted by atomic mass is 10.0. The summed E-state index contributed by atoms with van der Waals surface area (Å²) in [5.41, 5.74) is 0. The number of ether oxygens (including phenoxy) is 3. The van der Waals surface area contributed by atoms with Crippen LogP contribution in [-0.2, 0) is 19.0 Å². The summed E-state index contributed by atoms with van der Waals surface area (Å²) in [6, 6.07) is -0.844. The van der Waals surface area contributed by atoms with Crippen molar-refractivity contribution in [3.8, 4) is 0 Å². The Balaban J connectivity index is 2.41. The molecule has 1 saturated heterocycles. The van der Waals surface area contributed by atoms with E-state index in [0.717, 1.165) is 12.8 Å². The number of alkyl halides is 3. The topological polar surface area (TPSA) is 56.8 Å². The summed E-state index contributed by atoms with van der Waals surface area (Å²) >= 11 is 0. The van der Waals surface area contributed by atoms with Gasteiger partial charge in [-0.2, -0.15) is 0 Å². The Hall–Kier alpha value is -0.860. The van der Waals surface area contributed by atoms with E-state index < -0.39 is 31.0 Å². The lowest BCUT2D eigenvalue weighted by Crippen LogP contribution is -2.47. The second-order valence-electron chi connectivity index (χ2n) is 5.16. The third-order valence-electron chi connectivity index (χ3n) is 3.32. The Morgan fingerprint density at radius 2 is 2.00 bits per heavy atom. The smallest absolute Gasteiger partial charge is 0.381 e. The van der Waals surface area contributed by atoms with E-state index in [4.69, 9.17) is 9.47 Å². The number of carbonyl (C=O) groups excluding carboxylic acids is 1. The largest absolute Gasteiger partial charge is 0.522 e. The van der Waals surface area contributed by atoms with Crippen LogP contribution in [-0.4, -0.2) is 50.8 Å². The summed E-state index contributed by atoms with van der Waals surface area (Å²) in [5.74, 6) is -0.0880. The fourth-order valence-electron chi connectivity index (χ4n) is 2.06. The molecule has 0 radical (unpaired) electrons. The Morgan fingerprint density at radius 3 is 2.52 bits per heavy atom. The molecule has 1 N–H and O–H groups in total. The van der Waals surface area contributed by atoms with Crippen LogP contribution < -0.4 is 5.32 Å². The third kappa shape index (κ3) is 8.23. The second-order valence-corrected chi connectivity index (χ2v) is 5.16.